The summed E-state index contributed by atoms with van der Waals surface area (Å²) in [5, 5.41) is 4.90. The number of ether oxygens (including phenoxy) is 2. The average molecular weight is 428 g/mol. The lowest BCUT2D eigenvalue weighted by molar-refractivity contribution is -0.119. The molecule has 8 heteroatoms. The average Bonchev–Trinajstić information content (AvgIpc) is 2.82. The van der Waals surface area contributed by atoms with Gasteiger partial charge in [-0.3, -0.25) is 9.59 Å². The van der Waals surface area contributed by atoms with Crippen molar-refractivity contribution in [2.75, 3.05) is 13.7 Å². The summed E-state index contributed by atoms with van der Waals surface area (Å²) in [6.07, 6.45) is 1.53. The lowest BCUT2D eigenvalue weighted by Crippen LogP contribution is -2.20. The summed E-state index contributed by atoms with van der Waals surface area (Å²) in [5.41, 5.74) is 6.87. The molecule has 0 unspecified atom stereocenters. The molecule has 160 valence electrons. The van der Waals surface area contributed by atoms with Gasteiger partial charge in [-0.25, -0.2) is 4.98 Å². The van der Waals surface area contributed by atoms with Crippen LogP contribution in [0.5, 0.6) is 11.5 Å². The number of aromatic nitrogens is 2. The van der Waals surface area contributed by atoms with Crippen molar-refractivity contribution in [3.05, 3.63) is 88.7 Å². The van der Waals surface area contributed by atoms with Gasteiger partial charge in [-0.15, -0.1) is 0 Å². The standard InChI is InChI=1S/C24H20N4O4/c1-31-21-13-16(11-12-20(21)32-15-22(25)29)14-26-28-23(17-7-3-2-4-8-17)27-19-10-6-5-9-18(19)24(28)30/h2-14H,15H2,1H3,(H2,25,29). The van der Waals surface area contributed by atoms with Crippen LogP contribution in [0.1, 0.15) is 5.56 Å². The van der Waals surface area contributed by atoms with Crippen LogP contribution in [0.4, 0.5) is 0 Å². The van der Waals surface area contributed by atoms with Gasteiger partial charge >= 0.3 is 0 Å². The van der Waals surface area contributed by atoms with Crippen molar-refractivity contribution in [3.8, 4) is 22.9 Å². The van der Waals surface area contributed by atoms with Gasteiger partial charge in [-0.2, -0.15) is 9.78 Å². The fourth-order valence-corrected chi connectivity index (χ4v) is 3.16. The van der Waals surface area contributed by atoms with E-state index in [2.05, 4.69) is 10.1 Å². The van der Waals surface area contributed by atoms with E-state index in [-0.39, 0.29) is 12.2 Å². The first-order valence-corrected chi connectivity index (χ1v) is 9.77. The fourth-order valence-electron chi connectivity index (χ4n) is 3.16. The van der Waals surface area contributed by atoms with Gasteiger partial charge in [0.05, 0.1) is 24.2 Å². The topological polar surface area (TPSA) is 109 Å². The minimum Gasteiger partial charge on any atom is -0.493 e. The summed E-state index contributed by atoms with van der Waals surface area (Å²) in [7, 11) is 1.48. The number of hydrogen-bond acceptors (Lipinski definition) is 6. The molecule has 0 aliphatic rings. The number of fused-ring (bicyclic) bond motifs is 1. The maximum absolute atomic E-state index is 13.2. The van der Waals surface area contributed by atoms with E-state index in [0.29, 0.717) is 33.8 Å². The Kier molecular flexibility index (Phi) is 5.94. The van der Waals surface area contributed by atoms with Gasteiger partial charge in [0.1, 0.15) is 0 Å². The van der Waals surface area contributed by atoms with Crippen molar-refractivity contribution >= 4 is 23.0 Å². The lowest BCUT2D eigenvalue weighted by Gasteiger charge is -2.11. The largest absolute Gasteiger partial charge is 0.493 e. The second kappa shape index (κ2) is 9.13. The van der Waals surface area contributed by atoms with Gasteiger partial charge in [0.15, 0.2) is 23.9 Å². The van der Waals surface area contributed by atoms with Crippen LogP contribution in [0.25, 0.3) is 22.3 Å². The fraction of sp³-hybridized carbons (Fsp3) is 0.0833. The van der Waals surface area contributed by atoms with E-state index < -0.39 is 5.91 Å². The molecule has 1 aromatic heterocycles. The Morgan fingerprint density at radius 1 is 1.06 bits per heavy atom. The van der Waals surface area contributed by atoms with Crippen LogP contribution in [0.15, 0.2) is 82.7 Å². The second-order valence-corrected chi connectivity index (χ2v) is 6.85. The van der Waals surface area contributed by atoms with Gasteiger partial charge in [0.25, 0.3) is 11.5 Å². The third kappa shape index (κ3) is 4.34. The summed E-state index contributed by atoms with van der Waals surface area (Å²) < 4.78 is 11.9. The monoisotopic (exact) mass is 428 g/mol. The van der Waals surface area contributed by atoms with Crippen molar-refractivity contribution in [1.29, 1.82) is 0 Å². The maximum Gasteiger partial charge on any atom is 0.282 e. The van der Waals surface area contributed by atoms with Crippen molar-refractivity contribution in [2.45, 2.75) is 0 Å². The molecule has 1 amide bonds. The third-order valence-corrected chi connectivity index (χ3v) is 4.67. The summed E-state index contributed by atoms with van der Waals surface area (Å²) in [5.74, 6) is 0.619. The smallest absolute Gasteiger partial charge is 0.282 e. The molecule has 1 heterocycles. The minimum atomic E-state index is -0.589. The van der Waals surface area contributed by atoms with Crippen LogP contribution in [0.3, 0.4) is 0 Å². The molecule has 0 bridgehead atoms. The molecule has 0 aliphatic carbocycles. The van der Waals surface area contributed by atoms with Crippen LogP contribution in [0, 0.1) is 0 Å². The number of primary amides is 1. The Bertz CT molecular complexity index is 1360. The van der Waals surface area contributed by atoms with Crippen LogP contribution in [-0.2, 0) is 4.79 Å². The molecule has 4 rings (SSSR count). The van der Waals surface area contributed by atoms with Gasteiger partial charge < -0.3 is 15.2 Å². The van der Waals surface area contributed by atoms with Crippen molar-refractivity contribution < 1.29 is 14.3 Å². The van der Waals surface area contributed by atoms with Crippen LogP contribution in [0.2, 0.25) is 0 Å². The molecule has 8 nitrogen and oxygen atoms in total. The number of para-hydroxylation sites is 1. The molecular formula is C24H20N4O4. The number of carbonyl (C=O) groups is 1. The van der Waals surface area contributed by atoms with E-state index >= 15 is 0 Å². The Labute approximate surface area is 183 Å². The molecular weight excluding hydrogens is 408 g/mol. The highest BCUT2D eigenvalue weighted by molar-refractivity contribution is 5.83. The Morgan fingerprint density at radius 2 is 1.81 bits per heavy atom. The summed E-state index contributed by atoms with van der Waals surface area (Å²) in [6, 6.07) is 21.6. The van der Waals surface area contributed by atoms with Crippen LogP contribution in [-0.4, -0.2) is 35.5 Å². The first-order valence-electron chi connectivity index (χ1n) is 9.77. The lowest BCUT2D eigenvalue weighted by atomic mass is 10.2. The van der Waals surface area contributed by atoms with Gasteiger partial charge in [0, 0.05) is 5.56 Å². The number of methoxy groups -OCH3 is 1. The molecule has 0 fully saturated rings. The summed E-state index contributed by atoms with van der Waals surface area (Å²) >= 11 is 0. The quantitative estimate of drug-likeness (QED) is 0.455. The maximum atomic E-state index is 13.2. The predicted molar refractivity (Wildman–Crippen MR) is 122 cm³/mol. The van der Waals surface area contributed by atoms with Crippen molar-refractivity contribution in [1.82, 2.24) is 9.66 Å². The van der Waals surface area contributed by atoms with E-state index in [1.54, 1.807) is 36.4 Å². The molecule has 2 N–H and O–H groups in total. The number of nitrogens with zero attached hydrogens (tertiary/aromatic N) is 3. The summed E-state index contributed by atoms with van der Waals surface area (Å²) in [6.45, 7) is -0.262. The predicted octanol–water partition coefficient (Wildman–Crippen LogP) is 2.82. The molecule has 0 spiro atoms. The molecule has 0 saturated carbocycles. The van der Waals surface area contributed by atoms with Gasteiger partial charge in [0.2, 0.25) is 0 Å². The van der Waals surface area contributed by atoms with Crippen LogP contribution >= 0.6 is 0 Å². The Balaban J connectivity index is 1.78. The van der Waals surface area contributed by atoms with E-state index in [1.807, 2.05) is 36.4 Å². The molecule has 0 atom stereocenters. The van der Waals surface area contributed by atoms with Crippen molar-refractivity contribution in [2.24, 2.45) is 10.8 Å². The number of benzene rings is 3. The third-order valence-electron chi connectivity index (χ3n) is 4.67. The summed E-state index contributed by atoms with van der Waals surface area (Å²) in [4.78, 5) is 28.8. The second-order valence-electron chi connectivity index (χ2n) is 6.85. The van der Waals surface area contributed by atoms with E-state index in [0.717, 1.165) is 5.56 Å². The molecule has 0 radical (unpaired) electrons. The van der Waals surface area contributed by atoms with E-state index in [1.165, 1.54) is 18.0 Å². The van der Waals surface area contributed by atoms with Crippen molar-refractivity contribution in [3.63, 3.8) is 0 Å². The number of carbonyl (C=O) groups excluding carboxylic acids is 1. The number of nitrogens with two attached hydrogens (primary N) is 1. The van der Waals surface area contributed by atoms with E-state index in [9.17, 15) is 9.59 Å². The molecule has 32 heavy (non-hydrogen) atoms. The zero-order valence-corrected chi connectivity index (χ0v) is 17.3. The number of rotatable bonds is 7. The minimum absolute atomic E-state index is 0.262. The highest BCUT2D eigenvalue weighted by Crippen LogP contribution is 2.27. The normalized spacial score (nSPS) is 11.0. The molecule has 4 aromatic rings. The Morgan fingerprint density at radius 3 is 2.56 bits per heavy atom. The number of hydrogen-bond donors (Lipinski definition) is 1. The first kappa shape index (κ1) is 20.8. The molecule has 3 aromatic carbocycles. The first-order chi connectivity index (χ1) is 15.6. The highest BCUT2D eigenvalue weighted by atomic mass is 16.5. The molecule has 0 saturated heterocycles. The zero-order valence-electron chi connectivity index (χ0n) is 17.3. The highest BCUT2D eigenvalue weighted by Gasteiger charge is 2.12. The SMILES string of the molecule is COc1cc(C=Nn2c(-c3ccccc3)nc3ccccc3c2=O)ccc1OCC(N)=O. The van der Waals surface area contributed by atoms with Gasteiger partial charge in [-0.1, -0.05) is 42.5 Å². The molecule has 0 aliphatic heterocycles. The van der Waals surface area contributed by atoms with E-state index in [4.69, 9.17) is 15.2 Å². The number of amides is 1. The zero-order chi connectivity index (χ0) is 22.5. The Hall–Kier alpha value is -4.46. The van der Waals surface area contributed by atoms with Gasteiger partial charge in [-0.05, 0) is 35.9 Å². The van der Waals surface area contributed by atoms with Crippen LogP contribution < -0.4 is 20.8 Å².